The Bertz CT molecular complexity index is 1040. The van der Waals surface area contributed by atoms with Gasteiger partial charge in [-0.2, -0.15) is 5.26 Å². The summed E-state index contributed by atoms with van der Waals surface area (Å²) in [7, 11) is 0. The van der Waals surface area contributed by atoms with Crippen molar-refractivity contribution < 1.29 is 4.39 Å². The Morgan fingerprint density at radius 3 is 3.04 bits per heavy atom. The Hall–Kier alpha value is -2.72. The zero-order valence-electron chi connectivity index (χ0n) is 15.0. The summed E-state index contributed by atoms with van der Waals surface area (Å²) >= 11 is 0. The quantitative estimate of drug-likeness (QED) is 0.773. The summed E-state index contributed by atoms with van der Waals surface area (Å²) in [5.74, 6) is 1.34. The maximum absolute atomic E-state index is 13.6. The third-order valence-corrected chi connectivity index (χ3v) is 6.09. The molecule has 2 atom stereocenters. The second-order valence-electron chi connectivity index (χ2n) is 7.54. The third kappa shape index (κ3) is 2.72. The maximum atomic E-state index is 13.6. The number of aromatic nitrogens is 3. The lowest BCUT2D eigenvalue weighted by Crippen LogP contribution is -2.48. The predicted octanol–water partition coefficient (Wildman–Crippen LogP) is 3.06. The van der Waals surface area contributed by atoms with Gasteiger partial charge in [0, 0.05) is 37.5 Å². The van der Waals surface area contributed by atoms with E-state index >= 15 is 0 Å². The number of rotatable bonds is 3. The van der Waals surface area contributed by atoms with Crippen LogP contribution < -0.4 is 4.90 Å². The van der Waals surface area contributed by atoms with Gasteiger partial charge in [-0.25, -0.2) is 14.4 Å². The van der Waals surface area contributed by atoms with Crippen LogP contribution in [0.25, 0.3) is 21.9 Å². The zero-order chi connectivity index (χ0) is 18.4. The van der Waals surface area contributed by atoms with Crippen molar-refractivity contribution in [2.45, 2.75) is 25.3 Å². The van der Waals surface area contributed by atoms with Crippen LogP contribution in [0.1, 0.15) is 19.3 Å². The average molecular weight is 364 g/mol. The van der Waals surface area contributed by atoms with Crippen molar-refractivity contribution in [3.05, 3.63) is 30.3 Å². The van der Waals surface area contributed by atoms with Crippen LogP contribution in [-0.4, -0.2) is 52.1 Å². The van der Waals surface area contributed by atoms with Gasteiger partial charge in [0.2, 0.25) is 0 Å². The molecule has 0 bridgehead atoms. The van der Waals surface area contributed by atoms with Gasteiger partial charge in [-0.1, -0.05) is 0 Å². The van der Waals surface area contributed by atoms with E-state index in [0.717, 1.165) is 53.9 Å². The summed E-state index contributed by atoms with van der Waals surface area (Å²) < 4.78 is 13.6. The number of likely N-dealkylation sites (tertiary alicyclic amines) is 1. The number of aromatic amines is 1. The molecule has 7 heteroatoms. The first-order valence-corrected chi connectivity index (χ1v) is 9.52. The molecule has 0 aliphatic carbocycles. The van der Waals surface area contributed by atoms with Gasteiger partial charge in [0.05, 0.1) is 17.0 Å². The van der Waals surface area contributed by atoms with Crippen LogP contribution in [-0.2, 0) is 0 Å². The number of hydrogen-bond donors (Lipinski definition) is 1. The first-order chi connectivity index (χ1) is 13.2. The zero-order valence-corrected chi connectivity index (χ0v) is 15.0. The van der Waals surface area contributed by atoms with E-state index in [1.54, 1.807) is 6.33 Å². The molecule has 27 heavy (non-hydrogen) atoms. The fourth-order valence-corrected chi connectivity index (χ4v) is 4.78. The maximum Gasteiger partial charge on any atom is 0.143 e. The number of nitriles is 1. The Morgan fingerprint density at radius 2 is 2.15 bits per heavy atom. The fourth-order valence-electron chi connectivity index (χ4n) is 4.78. The van der Waals surface area contributed by atoms with Crippen LogP contribution in [0.15, 0.2) is 24.5 Å². The number of nitrogens with one attached hydrogen (secondary N) is 1. The molecule has 1 aromatic carbocycles. The highest BCUT2D eigenvalue weighted by atomic mass is 19.1. The van der Waals surface area contributed by atoms with Crippen LogP contribution in [0.2, 0.25) is 0 Å². The Morgan fingerprint density at radius 1 is 1.26 bits per heavy atom. The number of hydrogen-bond acceptors (Lipinski definition) is 5. The van der Waals surface area contributed by atoms with Crippen molar-refractivity contribution in [1.29, 1.82) is 5.26 Å². The van der Waals surface area contributed by atoms with Gasteiger partial charge in [0.1, 0.15) is 23.6 Å². The molecule has 5 rings (SSSR count). The summed E-state index contributed by atoms with van der Waals surface area (Å²) in [5.41, 5.74) is 1.50. The molecule has 1 N–H and O–H groups in total. The van der Waals surface area contributed by atoms with Crippen LogP contribution in [0.4, 0.5) is 10.2 Å². The molecule has 2 unspecified atom stereocenters. The fraction of sp³-hybridized carbons (Fsp3) is 0.450. The first kappa shape index (κ1) is 16.5. The Balaban J connectivity index is 1.55. The third-order valence-electron chi connectivity index (χ3n) is 6.09. The van der Waals surface area contributed by atoms with Gasteiger partial charge >= 0.3 is 0 Å². The van der Waals surface area contributed by atoms with Crippen molar-refractivity contribution in [2.75, 3.05) is 31.1 Å². The largest absolute Gasteiger partial charge is 0.351 e. The van der Waals surface area contributed by atoms with Crippen LogP contribution in [0.5, 0.6) is 0 Å². The van der Waals surface area contributed by atoms with E-state index in [1.807, 2.05) is 6.07 Å². The van der Waals surface area contributed by atoms with E-state index in [0.29, 0.717) is 18.4 Å². The van der Waals surface area contributed by atoms with Crippen molar-refractivity contribution in [3.63, 3.8) is 0 Å². The molecule has 0 radical (unpaired) electrons. The number of H-pyrrole nitrogens is 1. The number of fused-ring (bicyclic) bond motifs is 4. The molecule has 2 aliphatic heterocycles. The SMILES string of the molecule is N#CCCN1CCC2CCN(c3ncnc4[nH]c5cc(F)ccc5c34)C2C1. The van der Waals surface area contributed by atoms with Crippen molar-refractivity contribution >= 4 is 27.8 Å². The molecule has 4 heterocycles. The van der Waals surface area contributed by atoms with Crippen molar-refractivity contribution in [1.82, 2.24) is 19.9 Å². The highest BCUT2D eigenvalue weighted by molar-refractivity contribution is 6.11. The Kier molecular flexibility index (Phi) is 3.94. The van der Waals surface area contributed by atoms with Gasteiger partial charge < -0.3 is 14.8 Å². The second-order valence-corrected chi connectivity index (χ2v) is 7.54. The lowest BCUT2D eigenvalue weighted by molar-refractivity contribution is 0.177. The van der Waals surface area contributed by atoms with E-state index < -0.39 is 0 Å². The summed E-state index contributed by atoms with van der Waals surface area (Å²) in [6.07, 6.45) is 4.50. The van der Waals surface area contributed by atoms with Gasteiger partial charge in [-0.3, -0.25) is 0 Å². The van der Waals surface area contributed by atoms with Gasteiger partial charge in [0.25, 0.3) is 0 Å². The average Bonchev–Trinajstić information content (AvgIpc) is 3.26. The number of nitrogens with zero attached hydrogens (tertiary/aromatic N) is 5. The minimum absolute atomic E-state index is 0.259. The van der Waals surface area contributed by atoms with Crippen molar-refractivity contribution in [2.24, 2.45) is 5.92 Å². The standard InChI is InChI=1S/C20H21FN6/c21-14-2-3-15-16(10-14)25-19-18(15)20(24-12-23-19)27-9-5-13-4-8-26(7-1-6-22)11-17(13)27/h2-3,10,12-13,17H,1,4-5,7-9,11H2,(H,23,24,25). The molecule has 138 valence electrons. The topological polar surface area (TPSA) is 71.8 Å². The first-order valence-electron chi connectivity index (χ1n) is 9.52. The highest BCUT2D eigenvalue weighted by Crippen LogP contribution is 2.39. The lowest BCUT2D eigenvalue weighted by Gasteiger charge is -2.38. The van der Waals surface area contributed by atoms with E-state index in [-0.39, 0.29) is 5.82 Å². The van der Waals surface area contributed by atoms with E-state index in [2.05, 4.69) is 30.8 Å². The molecular weight excluding hydrogens is 343 g/mol. The number of anilines is 1. The molecule has 6 nitrogen and oxygen atoms in total. The molecule has 0 spiro atoms. The normalized spacial score (nSPS) is 23.0. The minimum Gasteiger partial charge on any atom is -0.351 e. The van der Waals surface area contributed by atoms with Crippen LogP contribution >= 0.6 is 0 Å². The lowest BCUT2D eigenvalue weighted by atomic mass is 9.92. The van der Waals surface area contributed by atoms with Crippen LogP contribution in [0, 0.1) is 23.1 Å². The molecule has 2 saturated heterocycles. The summed E-state index contributed by atoms with van der Waals surface area (Å²) in [6.45, 7) is 3.84. The Labute approximate surface area is 156 Å². The van der Waals surface area contributed by atoms with Gasteiger partial charge in [0.15, 0.2) is 0 Å². The monoisotopic (exact) mass is 364 g/mol. The van der Waals surface area contributed by atoms with E-state index in [1.165, 1.54) is 25.0 Å². The molecular formula is C20H21FN6. The van der Waals surface area contributed by atoms with Gasteiger partial charge in [-0.15, -0.1) is 0 Å². The molecule has 0 amide bonds. The summed E-state index contributed by atoms with van der Waals surface area (Å²) in [4.78, 5) is 17.0. The van der Waals surface area contributed by atoms with Crippen molar-refractivity contribution in [3.8, 4) is 6.07 Å². The molecule has 2 fully saturated rings. The molecule has 2 aliphatic rings. The van der Waals surface area contributed by atoms with E-state index in [4.69, 9.17) is 5.26 Å². The minimum atomic E-state index is -0.259. The van der Waals surface area contributed by atoms with Gasteiger partial charge in [-0.05, 0) is 43.5 Å². The van der Waals surface area contributed by atoms with E-state index in [9.17, 15) is 4.39 Å². The number of piperidine rings is 1. The second kappa shape index (κ2) is 6.46. The highest BCUT2D eigenvalue weighted by Gasteiger charge is 2.39. The smallest absolute Gasteiger partial charge is 0.143 e. The van der Waals surface area contributed by atoms with Crippen LogP contribution in [0.3, 0.4) is 0 Å². The predicted molar refractivity (Wildman–Crippen MR) is 102 cm³/mol. The number of benzene rings is 1. The molecule has 3 aromatic rings. The summed E-state index contributed by atoms with van der Waals surface area (Å²) in [5, 5.41) is 10.8. The number of halogens is 1. The molecule has 0 saturated carbocycles. The summed E-state index contributed by atoms with van der Waals surface area (Å²) in [6, 6.07) is 7.47. The molecule has 2 aromatic heterocycles.